The first-order chi connectivity index (χ1) is 14.4. The summed E-state index contributed by atoms with van der Waals surface area (Å²) in [4.78, 5) is 28.5. The van der Waals surface area contributed by atoms with Crippen LogP contribution in [0, 0.1) is 0 Å². The Labute approximate surface area is 179 Å². The molecule has 0 aromatic carbocycles. The van der Waals surface area contributed by atoms with Crippen LogP contribution in [-0.4, -0.2) is 71.5 Å². The van der Waals surface area contributed by atoms with Gasteiger partial charge in [0.1, 0.15) is 6.17 Å². The van der Waals surface area contributed by atoms with Crippen LogP contribution in [0.4, 0.5) is 4.39 Å². The number of nitrogens with zero attached hydrogens (tertiary/aromatic N) is 4. The van der Waals surface area contributed by atoms with Gasteiger partial charge in [0.25, 0.3) is 0 Å². The highest BCUT2D eigenvalue weighted by molar-refractivity contribution is 5.79. The number of likely N-dealkylation sites (N-methyl/N-ethyl adjacent to an activating group) is 1. The third-order valence-corrected chi connectivity index (χ3v) is 5.80. The van der Waals surface area contributed by atoms with Crippen molar-refractivity contribution in [2.24, 2.45) is 0 Å². The molecule has 2 saturated heterocycles. The lowest BCUT2D eigenvalue weighted by atomic mass is 10.1. The van der Waals surface area contributed by atoms with Crippen LogP contribution in [0.3, 0.4) is 0 Å². The van der Waals surface area contributed by atoms with Crippen LogP contribution in [0.2, 0.25) is 0 Å². The third-order valence-electron chi connectivity index (χ3n) is 5.80. The Kier molecular flexibility index (Phi) is 8.84. The van der Waals surface area contributed by atoms with E-state index in [2.05, 4.69) is 25.3 Å². The number of piperazine rings is 1. The molecule has 0 aromatic heterocycles. The maximum atomic E-state index is 13.4. The molecule has 2 amide bonds. The second-order valence-corrected chi connectivity index (χ2v) is 7.89. The van der Waals surface area contributed by atoms with Gasteiger partial charge in [0.15, 0.2) is 0 Å². The number of allylic oxidation sites excluding steroid dienone is 5. The van der Waals surface area contributed by atoms with Gasteiger partial charge in [-0.3, -0.25) is 14.6 Å². The fourth-order valence-electron chi connectivity index (χ4n) is 3.97. The van der Waals surface area contributed by atoms with Crippen LogP contribution in [0.25, 0.3) is 0 Å². The molecule has 6 nitrogen and oxygen atoms in total. The number of fused-ring (bicyclic) bond motifs is 1. The van der Waals surface area contributed by atoms with E-state index >= 15 is 0 Å². The second kappa shape index (κ2) is 11.1. The van der Waals surface area contributed by atoms with E-state index in [9.17, 15) is 14.0 Å². The summed E-state index contributed by atoms with van der Waals surface area (Å²) < 4.78 is 13.4. The van der Waals surface area contributed by atoms with Gasteiger partial charge in [-0.15, -0.1) is 0 Å². The molecule has 0 spiro atoms. The molecule has 0 bridgehead atoms. The van der Waals surface area contributed by atoms with Gasteiger partial charge in [0, 0.05) is 19.3 Å². The zero-order chi connectivity index (χ0) is 22.3. The van der Waals surface area contributed by atoms with Crippen molar-refractivity contribution in [1.82, 2.24) is 19.8 Å². The number of halogens is 1. The summed E-state index contributed by atoms with van der Waals surface area (Å²) in [5.41, 5.74) is 3.28. The van der Waals surface area contributed by atoms with Crippen LogP contribution in [0.5, 0.6) is 0 Å². The summed E-state index contributed by atoms with van der Waals surface area (Å²) >= 11 is 0. The van der Waals surface area contributed by atoms with E-state index in [1.807, 2.05) is 12.1 Å². The van der Waals surface area contributed by atoms with E-state index in [1.54, 1.807) is 29.0 Å². The number of hydrazine groups is 1. The maximum Gasteiger partial charge on any atom is 0.242 e. The zero-order valence-corrected chi connectivity index (χ0v) is 18.7. The van der Waals surface area contributed by atoms with Gasteiger partial charge >= 0.3 is 0 Å². The van der Waals surface area contributed by atoms with Gasteiger partial charge < -0.3 is 9.80 Å². The lowest BCUT2D eigenvalue weighted by molar-refractivity contribution is -0.171. The number of carbonyl (C=O) groups excluding carboxylic acids is 2. The molecule has 30 heavy (non-hydrogen) atoms. The van der Waals surface area contributed by atoms with Crippen LogP contribution in [-0.2, 0) is 9.59 Å². The molecule has 0 saturated carbocycles. The van der Waals surface area contributed by atoms with Crippen LogP contribution in [0.1, 0.15) is 46.5 Å². The molecule has 2 aliphatic heterocycles. The van der Waals surface area contributed by atoms with Crippen LogP contribution in [0.15, 0.2) is 47.5 Å². The highest BCUT2D eigenvalue weighted by Crippen LogP contribution is 2.29. The average Bonchev–Trinajstić information content (AvgIpc) is 2.73. The summed E-state index contributed by atoms with van der Waals surface area (Å²) in [6, 6.07) is 0. The lowest BCUT2D eigenvalue weighted by Crippen LogP contribution is -2.68. The largest absolute Gasteiger partial charge is 0.341 e. The number of hydrogen-bond acceptors (Lipinski definition) is 4. The van der Waals surface area contributed by atoms with E-state index in [0.29, 0.717) is 32.5 Å². The second-order valence-electron chi connectivity index (χ2n) is 7.89. The van der Waals surface area contributed by atoms with Gasteiger partial charge in [-0.25, -0.2) is 9.40 Å². The molecule has 2 rings (SSSR count). The maximum absolute atomic E-state index is 13.4. The molecule has 0 radical (unpaired) electrons. The van der Waals surface area contributed by atoms with Gasteiger partial charge in [-0.2, -0.15) is 0 Å². The zero-order valence-electron chi connectivity index (χ0n) is 18.7. The van der Waals surface area contributed by atoms with Gasteiger partial charge in [-0.1, -0.05) is 44.6 Å². The summed E-state index contributed by atoms with van der Waals surface area (Å²) in [5.74, 6) is -0.144. The Balaban J connectivity index is 2.18. The molecule has 0 aromatic rings. The predicted octanol–water partition coefficient (Wildman–Crippen LogP) is 3.62. The molecule has 1 atom stereocenters. The van der Waals surface area contributed by atoms with Gasteiger partial charge in [0.05, 0.1) is 25.5 Å². The highest BCUT2D eigenvalue weighted by atomic mass is 19.1. The standard InChI is InChI=1S/C23H35FN4O2/c1-6-9-18(4)21-14-25(5)28(17-29)22-15-26(23(30)16-27(21)22)13-12-19(7-2)10-11-20(24)8-3/h7,10-11,17,22H,2,6,8-9,12-16H2,1,3-5H3/b19-10+,20-11+,21-18+. The topological polar surface area (TPSA) is 47.1 Å². The minimum Gasteiger partial charge on any atom is -0.341 e. The number of hydrogen-bond donors (Lipinski definition) is 0. The van der Waals surface area contributed by atoms with Crippen LogP contribution < -0.4 is 0 Å². The Morgan fingerprint density at radius 3 is 2.57 bits per heavy atom. The quantitative estimate of drug-likeness (QED) is 0.424. The molecular weight excluding hydrogens is 383 g/mol. The van der Waals surface area contributed by atoms with Gasteiger partial charge in [-0.05, 0) is 37.8 Å². The summed E-state index contributed by atoms with van der Waals surface area (Å²) in [6.07, 6.45) is 8.44. The van der Waals surface area contributed by atoms with Crippen molar-refractivity contribution in [2.75, 3.05) is 33.2 Å². The Hall–Kier alpha value is -2.41. The number of amides is 2. The van der Waals surface area contributed by atoms with Crippen LogP contribution >= 0.6 is 0 Å². The minimum atomic E-state index is -0.214. The molecule has 1 unspecified atom stereocenters. The monoisotopic (exact) mass is 418 g/mol. The van der Waals surface area contributed by atoms with Crippen molar-refractivity contribution in [3.05, 3.63) is 47.5 Å². The number of rotatable bonds is 9. The Morgan fingerprint density at radius 2 is 1.97 bits per heavy atom. The third kappa shape index (κ3) is 5.59. The van der Waals surface area contributed by atoms with Crippen molar-refractivity contribution in [3.63, 3.8) is 0 Å². The molecule has 2 heterocycles. The van der Waals surface area contributed by atoms with Crippen molar-refractivity contribution in [1.29, 1.82) is 0 Å². The molecule has 0 N–H and O–H groups in total. The molecular formula is C23H35FN4O2. The fraction of sp³-hybridized carbons (Fsp3) is 0.565. The van der Waals surface area contributed by atoms with Crippen molar-refractivity contribution >= 4 is 12.3 Å². The summed E-state index contributed by atoms with van der Waals surface area (Å²) in [6.45, 7) is 11.6. The predicted molar refractivity (Wildman–Crippen MR) is 118 cm³/mol. The van der Waals surface area contributed by atoms with E-state index in [4.69, 9.17) is 0 Å². The normalized spacial score (nSPS) is 22.9. The minimum absolute atomic E-state index is 0.0437. The van der Waals surface area contributed by atoms with E-state index in [-0.39, 0.29) is 24.4 Å². The fourth-order valence-corrected chi connectivity index (χ4v) is 3.97. The highest BCUT2D eigenvalue weighted by Gasteiger charge is 2.41. The van der Waals surface area contributed by atoms with E-state index in [1.165, 1.54) is 11.6 Å². The van der Waals surface area contributed by atoms with E-state index in [0.717, 1.165) is 30.5 Å². The van der Waals surface area contributed by atoms with Crippen molar-refractivity contribution < 1.29 is 14.0 Å². The molecule has 2 fully saturated rings. The average molecular weight is 419 g/mol. The Bertz CT molecular complexity index is 743. The van der Waals surface area contributed by atoms with Crippen molar-refractivity contribution in [3.8, 4) is 0 Å². The summed E-state index contributed by atoms with van der Waals surface area (Å²) in [7, 11) is 1.90. The lowest BCUT2D eigenvalue weighted by Gasteiger charge is -2.53. The SMILES string of the molecule is C=C/C(=C\C=C(\F)CC)CCN1CC2N(CC1=O)/C(=C(\C)CCC)CN(C)N2C=O. The Morgan fingerprint density at radius 1 is 1.23 bits per heavy atom. The van der Waals surface area contributed by atoms with E-state index < -0.39 is 0 Å². The molecule has 0 aliphatic carbocycles. The van der Waals surface area contributed by atoms with Gasteiger partial charge in [0.2, 0.25) is 12.3 Å². The smallest absolute Gasteiger partial charge is 0.242 e. The first-order valence-corrected chi connectivity index (χ1v) is 10.7. The summed E-state index contributed by atoms with van der Waals surface area (Å²) in [5, 5.41) is 3.59. The molecule has 166 valence electrons. The first kappa shape index (κ1) is 23.9. The first-order valence-electron chi connectivity index (χ1n) is 10.7. The molecule has 7 heteroatoms. The number of carbonyl (C=O) groups is 2. The van der Waals surface area contributed by atoms with Crippen molar-refractivity contribution in [2.45, 2.75) is 52.6 Å². The molecule has 2 aliphatic rings.